The van der Waals surface area contributed by atoms with Crippen molar-refractivity contribution >= 4 is 62.4 Å². The quantitative estimate of drug-likeness (QED) is 0.378. The van der Waals surface area contributed by atoms with Crippen molar-refractivity contribution in [3.63, 3.8) is 0 Å². The first kappa shape index (κ1) is 20.6. The summed E-state index contributed by atoms with van der Waals surface area (Å²) in [6, 6.07) is 12.3. The van der Waals surface area contributed by atoms with Crippen LogP contribution in [0.4, 0.5) is 5.69 Å². The Bertz CT molecular complexity index is 973. The number of benzene rings is 2. The molecule has 1 aromatic heterocycles. The Labute approximate surface area is 176 Å². The van der Waals surface area contributed by atoms with Gasteiger partial charge in [-0.3, -0.25) is 9.59 Å². The van der Waals surface area contributed by atoms with E-state index in [-0.39, 0.29) is 11.8 Å². The van der Waals surface area contributed by atoms with E-state index >= 15 is 0 Å². The standard InChI is InChI=1S/C20H20ClN3O2S2/c1-2-3-10-22-18(25)12-27-20-24-16-9-8-15(11-17(16)28-20)23-19(26)13-4-6-14(21)7-5-13/h4-9,11H,2-3,10,12H2,1H3,(H,22,25)(H,23,26). The van der Waals surface area contributed by atoms with Gasteiger partial charge >= 0.3 is 0 Å². The molecule has 0 aliphatic carbocycles. The smallest absolute Gasteiger partial charge is 0.255 e. The van der Waals surface area contributed by atoms with Crippen LogP contribution in [0.3, 0.4) is 0 Å². The maximum absolute atomic E-state index is 12.3. The zero-order chi connectivity index (χ0) is 19.9. The number of thioether (sulfide) groups is 1. The van der Waals surface area contributed by atoms with Crippen LogP contribution < -0.4 is 10.6 Å². The summed E-state index contributed by atoms with van der Waals surface area (Å²) in [4.78, 5) is 28.7. The predicted octanol–water partition coefficient (Wildman–Crippen LogP) is 5.21. The van der Waals surface area contributed by atoms with Gasteiger partial charge in [0.2, 0.25) is 5.91 Å². The maximum atomic E-state index is 12.3. The van der Waals surface area contributed by atoms with Gasteiger partial charge in [-0.05, 0) is 48.9 Å². The van der Waals surface area contributed by atoms with E-state index in [1.807, 2.05) is 18.2 Å². The number of amides is 2. The van der Waals surface area contributed by atoms with Crippen molar-refractivity contribution in [3.8, 4) is 0 Å². The van der Waals surface area contributed by atoms with Crippen LogP contribution in [-0.2, 0) is 4.79 Å². The van der Waals surface area contributed by atoms with Gasteiger partial charge in [-0.1, -0.05) is 36.7 Å². The molecule has 2 amide bonds. The molecule has 0 fully saturated rings. The van der Waals surface area contributed by atoms with E-state index in [0.717, 1.165) is 27.4 Å². The number of nitrogens with one attached hydrogen (secondary N) is 2. The minimum Gasteiger partial charge on any atom is -0.355 e. The van der Waals surface area contributed by atoms with E-state index in [9.17, 15) is 9.59 Å². The second kappa shape index (κ2) is 9.91. The molecule has 5 nitrogen and oxygen atoms in total. The number of fused-ring (bicyclic) bond motifs is 1. The molecule has 1 heterocycles. The summed E-state index contributed by atoms with van der Waals surface area (Å²) in [5.74, 6) is 0.177. The van der Waals surface area contributed by atoms with Crippen molar-refractivity contribution in [1.82, 2.24) is 10.3 Å². The van der Waals surface area contributed by atoms with E-state index in [0.29, 0.717) is 28.6 Å². The van der Waals surface area contributed by atoms with Crippen LogP contribution in [0.5, 0.6) is 0 Å². The Hall–Kier alpha value is -2.09. The molecule has 0 radical (unpaired) electrons. The van der Waals surface area contributed by atoms with Crippen LogP contribution in [0.2, 0.25) is 5.02 Å². The first-order chi connectivity index (χ1) is 13.5. The Morgan fingerprint density at radius 1 is 1.18 bits per heavy atom. The molecule has 0 atom stereocenters. The number of nitrogens with zero attached hydrogens (tertiary/aromatic N) is 1. The van der Waals surface area contributed by atoms with Gasteiger partial charge in [0, 0.05) is 22.8 Å². The van der Waals surface area contributed by atoms with Crippen molar-refractivity contribution in [3.05, 3.63) is 53.1 Å². The molecular formula is C20H20ClN3O2S2. The Morgan fingerprint density at radius 3 is 2.71 bits per heavy atom. The third-order valence-electron chi connectivity index (χ3n) is 3.91. The summed E-state index contributed by atoms with van der Waals surface area (Å²) >= 11 is 8.79. The zero-order valence-corrected chi connectivity index (χ0v) is 17.7. The lowest BCUT2D eigenvalue weighted by Crippen LogP contribution is -2.25. The Morgan fingerprint density at radius 2 is 1.96 bits per heavy atom. The third kappa shape index (κ3) is 5.70. The van der Waals surface area contributed by atoms with Crippen molar-refractivity contribution in [2.75, 3.05) is 17.6 Å². The lowest BCUT2D eigenvalue weighted by Gasteiger charge is -2.05. The maximum Gasteiger partial charge on any atom is 0.255 e. The van der Waals surface area contributed by atoms with Crippen LogP contribution >= 0.6 is 34.7 Å². The highest BCUT2D eigenvalue weighted by atomic mass is 35.5. The summed E-state index contributed by atoms with van der Waals surface area (Å²) in [6.45, 7) is 2.81. The molecule has 0 saturated carbocycles. The van der Waals surface area contributed by atoms with Crippen LogP contribution in [0.25, 0.3) is 10.2 Å². The second-order valence-electron chi connectivity index (χ2n) is 6.12. The lowest BCUT2D eigenvalue weighted by atomic mass is 10.2. The number of anilines is 1. The van der Waals surface area contributed by atoms with Crippen molar-refractivity contribution in [1.29, 1.82) is 0 Å². The molecule has 28 heavy (non-hydrogen) atoms. The minimum atomic E-state index is -0.195. The van der Waals surface area contributed by atoms with E-state index < -0.39 is 0 Å². The summed E-state index contributed by atoms with van der Waals surface area (Å²) in [5.41, 5.74) is 2.09. The average molecular weight is 434 g/mol. The van der Waals surface area contributed by atoms with Crippen molar-refractivity contribution < 1.29 is 9.59 Å². The van der Waals surface area contributed by atoms with Gasteiger partial charge in [-0.25, -0.2) is 4.98 Å². The number of unbranched alkanes of at least 4 members (excludes halogenated alkanes) is 1. The first-order valence-corrected chi connectivity index (χ1v) is 11.1. The first-order valence-electron chi connectivity index (χ1n) is 8.92. The summed E-state index contributed by atoms with van der Waals surface area (Å²) in [6.07, 6.45) is 2.05. The topological polar surface area (TPSA) is 71.1 Å². The molecule has 0 unspecified atom stereocenters. The summed E-state index contributed by atoms with van der Waals surface area (Å²) in [5, 5.41) is 6.37. The molecule has 0 spiro atoms. The number of carbonyl (C=O) groups is 2. The highest BCUT2D eigenvalue weighted by Crippen LogP contribution is 2.31. The molecule has 3 aromatic rings. The lowest BCUT2D eigenvalue weighted by molar-refractivity contribution is -0.118. The van der Waals surface area contributed by atoms with E-state index in [1.165, 1.54) is 23.1 Å². The average Bonchev–Trinajstić information content (AvgIpc) is 3.09. The summed E-state index contributed by atoms with van der Waals surface area (Å²) < 4.78 is 1.80. The highest BCUT2D eigenvalue weighted by Gasteiger charge is 2.10. The summed E-state index contributed by atoms with van der Waals surface area (Å²) in [7, 11) is 0. The molecule has 0 saturated heterocycles. The molecule has 146 valence electrons. The number of halogens is 1. The van der Waals surface area contributed by atoms with Crippen molar-refractivity contribution in [2.24, 2.45) is 0 Å². The van der Waals surface area contributed by atoms with Gasteiger partial charge in [0.1, 0.15) is 0 Å². The molecule has 0 aliphatic rings. The minimum absolute atomic E-state index is 0.0219. The fourth-order valence-corrected chi connectivity index (χ4v) is 4.49. The number of hydrogen-bond donors (Lipinski definition) is 2. The molecule has 8 heteroatoms. The van der Waals surface area contributed by atoms with Gasteiger partial charge in [0.25, 0.3) is 5.91 Å². The molecule has 3 rings (SSSR count). The molecule has 0 bridgehead atoms. The predicted molar refractivity (Wildman–Crippen MR) is 118 cm³/mol. The Balaban J connectivity index is 1.61. The van der Waals surface area contributed by atoms with Crippen LogP contribution in [-0.4, -0.2) is 29.1 Å². The number of carbonyl (C=O) groups excluding carboxylic acids is 2. The third-order valence-corrected chi connectivity index (χ3v) is 6.33. The van der Waals surface area contributed by atoms with Crippen LogP contribution in [0.15, 0.2) is 46.8 Å². The highest BCUT2D eigenvalue weighted by molar-refractivity contribution is 8.01. The number of aromatic nitrogens is 1. The number of thiazole rings is 1. The fraction of sp³-hybridized carbons (Fsp3) is 0.250. The van der Waals surface area contributed by atoms with Gasteiger partial charge in [-0.2, -0.15) is 0 Å². The molecular weight excluding hydrogens is 414 g/mol. The van der Waals surface area contributed by atoms with Gasteiger partial charge in [0.15, 0.2) is 4.34 Å². The fourth-order valence-electron chi connectivity index (χ4n) is 2.43. The zero-order valence-electron chi connectivity index (χ0n) is 15.3. The normalized spacial score (nSPS) is 10.8. The van der Waals surface area contributed by atoms with Crippen LogP contribution in [0.1, 0.15) is 30.1 Å². The second-order valence-corrected chi connectivity index (χ2v) is 8.81. The largest absolute Gasteiger partial charge is 0.355 e. The number of rotatable bonds is 8. The number of hydrogen-bond acceptors (Lipinski definition) is 5. The van der Waals surface area contributed by atoms with E-state index in [2.05, 4.69) is 22.5 Å². The molecule has 2 N–H and O–H groups in total. The van der Waals surface area contributed by atoms with Crippen LogP contribution in [0, 0.1) is 0 Å². The van der Waals surface area contributed by atoms with E-state index in [4.69, 9.17) is 11.6 Å². The van der Waals surface area contributed by atoms with Gasteiger partial charge < -0.3 is 10.6 Å². The molecule has 0 aliphatic heterocycles. The molecule has 2 aromatic carbocycles. The van der Waals surface area contributed by atoms with Gasteiger partial charge in [0.05, 0.1) is 16.0 Å². The van der Waals surface area contributed by atoms with Crippen molar-refractivity contribution in [2.45, 2.75) is 24.1 Å². The van der Waals surface area contributed by atoms with E-state index in [1.54, 1.807) is 24.3 Å². The Kier molecular flexibility index (Phi) is 7.30. The SMILES string of the molecule is CCCCNC(=O)CSc1nc2ccc(NC(=O)c3ccc(Cl)cc3)cc2s1. The monoisotopic (exact) mass is 433 g/mol. The van der Waals surface area contributed by atoms with Gasteiger partial charge in [-0.15, -0.1) is 11.3 Å².